The van der Waals surface area contributed by atoms with E-state index >= 15 is 0 Å². The molecule has 2 unspecified atom stereocenters. The van der Waals surface area contributed by atoms with Crippen LogP contribution < -0.4 is 5.32 Å². The third kappa shape index (κ3) is 4.42. The smallest absolute Gasteiger partial charge is 0.286 e. The number of morpholine rings is 1. The fourth-order valence-electron chi connectivity index (χ4n) is 4.30. The van der Waals surface area contributed by atoms with Gasteiger partial charge in [0.2, 0.25) is 5.91 Å². The highest BCUT2D eigenvalue weighted by molar-refractivity contribution is 9.10. The molecule has 0 bridgehead atoms. The highest BCUT2D eigenvalue weighted by Gasteiger charge is 2.47. The first-order valence-corrected chi connectivity index (χ1v) is 12.2. The van der Waals surface area contributed by atoms with Crippen LogP contribution in [0.15, 0.2) is 68.5 Å². The molecule has 1 N–H and O–H groups in total. The molecular formula is C23H21BrN4O4S. The molecule has 8 nitrogen and oxygen atoms in total. The van der Waals surface area contributed by atoms with E-state index in [0.29, 0.717) is 47.6 Å². The molecule has 0 aromatic heterocycles. The quantitative estimate of drug-likeness (QED) is 0.606. The molecule has 0 spiro atoms. The van der Waals surface area contributed by atoms with E-state index in [2.05, 4.69) is 26.2 Å². The Morgan fingerprint density at radius 2 is 2.00 bits per heavy atom. The fraction of sp³-hybridized carbons (Fsp3) is 0.304. The monoisotopic (exact) mass is 528 g/mol. The predicted molar refractivity (Wildman–Crippen MR) is 129 cm³/mol. The van der Waals surface area contributed by atoms with Gasteiger partial charge in [0.25, 0.3) is 11.8 Å². The van der Waals surface area contributed by atoms with Crippen molar-refractivity contribution in [3.63, 3.8) is 0 Å². The van der Waals surface area contributed by atoms with Crippen molar-refractivity contribution < 1.29 is 19.1 Å². The van der Waals surface area contributed by atoms with Gasteiger partial charge in [0.15, 0.2) is 5.17 Å². The van der Waals surface area contributed by atoms with Crippen LogP contribution in [-0.2, 0) is 19.1 Å². The van der Waals surface area contributed by atoms with E-state index in [0.717, 1.165) is 4.47 Å². The first kappa shape index (κ1) is 22.1. The van der Waals surface area contributed by atoms with Gasteiger partial charge in [0.1, 0.15) is 6.54 Å². The van der Waals surface area contributed by atoms with Gasteiger partial charge in [0.05, 0.1) is 24.2 Å². The van der Waals surface area contributed by atoms with Crippen molar-refractivity contribution in [2.45, 2.75) is 6.04 Å². The Kier molecular flexibility index (Phi) is 6.22. The lowest BCUT2D eigenvalue weighted by atomic mass is 9.91. The number of amides is 3. The highest BCUT2D eigenvalue weighted by Crippen LogP contribution is 2.42. The number of hydrogen-bond donors (Lipinski definition) is 1. The average molecular weight is 529 g/mol. The lowest BCUT2D eigenvalue weighted by Crippen LogP contribution is -2.40. The van der Waals surface area contributed by atoms with Crippen molar-refractivity contribution in [2.24, 2.45) is 10.9 Å². The maximum Gasteiger partial charge on any atom is 0.286 e. The fourth-order valence-corrected chi connectivity index (χ4v) is 5.78. The number of likely N-dealkylation sites (tertiary alicyclic amines) is 1. The molecule has 3 heterocycles. The minimum Gasteiger partial charge on any atom is -0.378 e. The van der Waals surface area contributed by atoms with Crippen LogP contribution in [0.5, 0.6) is 0 Å². The normalized spacial score (nSPS) is 26.6. The molecule has 2 atom stereocenters. The molecule has 0 radical (unpaired) electrons. The van der Waals surface area contributed by atoms with E-state index in [1.165, 1.54) is 16.7 Å². The van der Waals surface area contributed by atoms with Crippen molar-refractivity contribution in [3.05, 3.63) is 63.5 Å². The Morgan fingerprint density at radius 1 is 1.21 bits per heavy atom. The summed E-state index contributed by atoms with van der Waals surface area (Å²) in [4.78, 5) is 47.2. The number of anilines is 1. The number of fused-ring (bicyclic) bond motifs is 1. The van der Waals surface area contributed by atoms with Gasteiger partial charge in [0, 0.05) is 34.7 Å². The molecule has 2 fully saturated rings. The van der Waals surface area contributed by atoms with E-state index in [1.54, 1.807) is 12.1 Å². The number of nitrogens with one attached hydrogen (secondary N) is 1. The number of carbonyl (C=O) groups excluding carboxylic acids is 3. The van der Waals surface area contributed by atoms with E-state index in [9.17, 15) is 14.4 Å². The number of halogens is 1. The van der Waals surface area contributed by atoms with Crippen molar-refractivity contribution >= 4 is 56.3 Å². The van der Waals surface area contributed by atoms with Gasteiger partial charge in [-0.2, -0.15) is 4.99 Å². The van der Waals surface area contributed by atoms with Crippen LogP contribution in [-0.4, -0.2) is 71.6 Å². The van der Waals surface area contributed by atoms with E-state index in [-0.39, 0.29) is 30.3 Å². The number of hydrogen-bond acceptors (Lipinski definition) is 6. The Hall–Kier alpha value is -2.69. The molecule has 10 heteroatoms. The van der Waals surface area contributed by atoms with Gasteiger partial charge in [-0.15, -0.1) is 0 Å². The third-order valence-electron chi connectivity index (χ3n) is 5.82. The molecule has 3 aliphatic heterocycles. The SMILES string of the molecule is O=C(CN1C(=O)/C(=C2\SC(N3CCOCC3)=NC2=O)C2C=CC=CC21)Nc1cccc(Br)c1. The molecule has 170 valence electrons. The first-order chi connectivity index (χ1) is 16.0. The van der Waals surface area contributed by atoms with Gasteiger partial charge < -0.3 is 19.9 Å². The van der Waals surface area contributed by atoms with Gasteiger partial charge in [-0.05, 0) is 30.0 Å². The third-order valence-corrected chi connectivity index (χ3v) is 7.45. The van der Waals surface area contributed by atoms with E-state index in [4.69, 9.17) is 4.74 Å². The number of benzene rings is 1. The zero-order chi connectivity index (χ0) is 22.9. The second-order valence-corrected chi connectivity index (χ2v) is 9.81. The predicted octanol–water partition coefficient (Wildman–Crippen LogP) is 2.56. The van der Waals surface area contributed by atoms with Crippen molar-refractivity contribution in [2.75, 3.05) is 38.2 Å². The van der Waals surface area contributed by atoms with Gasteiger partial charge >= 0.3 is 0 Å². The number of allylic oxidation sites excluding steroid dienone is 2. The minimum absolute atomic E-state index is 0.114. The number of nitrogens with zero attached hydrogens (tertiary/aromatic N) is 3. The molecule has 0 saturated carbocycles. The van der Waals surface area contributed by atoms with Gasteiger partial charge in [-0.1, -0.05) is 46.3 Å². The van der Waals surface area contributed by atoms with Crippen molar-refractivity contribution in [1.82, 2.24) is 9.80 Å². The second kappa shape index (κ2) is 9.28. The number of amidine groups is 1. The summed E-state index contributed by atoms with van der Waals surface area (Å²) in [5, 5.41) is 3.44. The summed E-state index contributed by atoms with van der Waals surface area (Å²) < 4.78 is 6.22. The first-order valence-electron chi connectivity index (χ1n) is 10.6. The van der Waals surface area contributed by atoms with Crippen LogP contribution >= 0.6 is 27.7 Å². The largest absolute Gasteiger partial charge is 0.378 e. The van der Waals surface area contributed by atoms with Crippen LogP contribution in [0.4, 0.5) is 5.69 Å². The lowest BCUT2D eigenvalue weighted by molar-refractivity contribution is -0.130. The summed E-state index contributed by atoms with van der Waals surface area (Å²) in [7, 11) is 0. The number of carbonyl (C=O) groups is 3. The molecule has 1 aliphatic carbocycles. The maximum absolute atomic E-state index is 13.5. The molecule has 3 amide bonds. The summed E-state index contributed by atoms with van der Waals surface area (Å²) in [6.07, 6.45) is 7.54. The van der Waals surface area contributed by atoms with E-state index < -0.39 is 5.91 Å². The number of rotatable bonds is 3. The van der Waals surface area contributed by atoms with Crippen LogP contribution in [0.1, 0.15) is 0 Å². The van der Waals surface area contributed by atoms with Crippen LogP contribution in [0.3, 0.4) is 0 Å². The average Bonchev–Trinajstić information content (AvgIpc) is 3.31. The zero-order valence-electron chi connectivity index (χ0n) is 17.6. The zero-order valence-corrected chi connectivity index (χ0v) is 20.0. The minimum atomic E-state index is -0.396. The molecule has 5 rings (SSSR count). The summed E-state index contributed by atoms with van der Waals surface area (Å²) in [6, 6.07) is 6.95. The van der Waals surface area contributed by atoms with Gasteiger partial charge in [-0.3, -0.25) is 14.4 Å². The van der Waals surface area contributed by atoms with Crippen molar-refractivity contribution in [1.29, 1.82) is 0 Å². The number of thioether (sulfide) groups is 1. The van der Waals surface area contributed by atoms with E-state index in [1.807, 2.05) is 41.3 Å². The Morgan fingerprint density at radius 3 is 2.79 bits per heavy atom. The standard InChI is InChI=1S/C23H21BrN4O4S/c24-14-4-3-5-15(12-14)25-18(29)13-28-17-7-2-1-6-16(17)19(22(28)31)20-21(30)26-23(33-20)27-8-10-32-11-9-27/h1-7,12,16-17H,8-11,13H2,(H,25,29)/b20-19-. The number of aliphatic imine (C=N–C) groups is 1. The summed E-state index contributed by atoms with van der Waals surface area (Å²) in [5.41, 5.74) is 1.05. The summed E-state index contributed by atoms with van der Waals surface area (Å²) in [5.74, 6) is -1.30. The Balaban J connectivity index is 1.38. The molecule has 4 aliphatic rings. The lowest BCUT2D eigenvalue weighted by Gasteiger charge is -2.27. The Bertz CT molecular complexity index is 1140. The Labute approximate surface area is 203 Å². The molecule has 1 aromatic carbocycles. The van der Waals surface area contributed by atoms with Crippen molar-refractivity contribution in [3.8, 4) is 0 Å². The maximum atomic E-state index is 13.5. The topological polar surface area (TPSA) is 91.3 Å². The summed E-state index contributed by atoms with van der Waals surface area (Å²) in [6.45, 7) is 2.37. The van der Waals surface area contributed by atoms with Crippen LogP contribution in [0.25, 0.3) is 0 Å². The molecule has 1 aromatic rings. The molecular weight excluding hydrogens is 508 g/mol. The van der Waals surface area contributed by atoms with Crippen LogP contribution in [0.2, 0.25) is 0 Å². The van der Waals surface area contributed by atoms with Crippen LogP contribution in [0, 0.1) is 5.92 Å². The molecule has 2 saturated heterocycles. The summed E-state index contributed by atoms with van der Waals surface area (Å²) >= 11 is 4.63. The number of ether oxygens (including phenoxy) is 1. The highest BCUT2D eigenvalue weighted by atomic mass is 79.9. The molecule has 33 heavy (non-hydrogen) atoms. The van der Waals surface area contributed by atoms with Gasteiger partial charge in [-0.25, -0.2) is 0 Å². The second-order valence-electron chi connectivity index (χ2n) is 7.92.